The van der Waals surface area contributed by atoms with Gasteiger partial charge in [0.1, 0.15) is 0 Å². The molecular weight excluding hydrogens is 404 g/mol. The van der Waals surface area contributed by atoms with E-state index < -0.39 is 16.1 Å². The van der Waals surface area contributed by atoms with Gasteiger partial charge in [0.05, 0.1) is 17.0 Å². The number of amides is 1. The van der Waals surface area contributed by atoms with Crippen molar-refractivity contribution in [3.05, 3.63) is 42.2 Å². The quantitative estimate of drug-likeness (QED) is 0.756. The third-order valence-electron chi connectivity index (χ3n) is 6.89. The Labute approximate surface area is 175 Å². The zero-order valence-electron chi connectivity index (χ0n) is 17.0. The van der Waals surface area contributed by atoms with Crippen molar-refractivity contribution in [3.63, 3.8) is 0 Å². The standard InChI is InChI=1S/C21H26N4O4S/c1-12(2)24-8-7-18(23-24)21(27)22-15-3-5-16(6-4-15)30(28,29)25-11-14-9-13-10-17(14)19(25)20(13)26/h3-8,12-14,17,19-20,26H,9-11H2,1-2H3,(H,22,27)/t13-,14-,17+,19+,20+/m0/s1. The number of fused-ring (bicyclic) bond motifs is 1. The summed E-state index contributed by atoms with van der Waals surface area (Å²) in [6.07, 6.45) is 3.04. The number of nitrogens with one attached hydrogen (secondary N) is 1. The summed E-state index contributed by atoms with van der Waals surface area (Å²) in [6.45, 7) is 4.44. The summed E-state index contributed by atoms with van der Waals surface area (Å²) in [7, 11) is -3.69. The summed E-state index contributed by atoms with van der Waals surface area (Å²) >= 11 is 0. The van der Waals surface area contributed by atoms with Crippen LogP contribution in [0.5, 0.6) is 0 Å². The van der Waals surface area contributed by atoms with Gasteiger partial charge in [-0.3, -0.25) is 9.48 Å². The molecule has 2 aliphatic carbocycles. The molecule has 9 heteroatoms. The second-order valence-corrected chi connectivity index (χ2v) is 10.9. The van der Waals surface area contributed by atoms with Crippen LogP contribution in [0.15, 0.2) is 41.4 Å². The molecule has 2 heterocycles. The van der Waals surface area contributed by atoms with Crippen molar-refractivity contribution in [1.82, 2.24) is 14.1 Å². The van der Waals surface area contributed by atoms with Crippen LogP contribution in [0.1, 0.15) is 43.2 Å². The van der Waals surface area contributed by atoms with Gasteiger partial charge in [-0.05, 0) is 74.8 Å². The maximum atomic E-state index is 13.2. The first-order valence-corrected chi connectivity index (χ1v) is 11.9. The van der Waals surface area contributed by atoms with Gasteiger partial charge in [0, 0.05) is 24.5 Å². The molecule has 8 nitrogen and oxygen atoms in total. The average Bonchev–Trinajstić information content (AvgIpc) is 3.44. The van der Waals surface area contributed by atoms with Crippen LogP contribution in [0, 0.1) is 17.8 Å². The van der Waals surface area contributed by atoms with Crippen molar-refractivity contribution < 1.29 is 18.3 Å². The average molecular weight is 431 g/mol. The lowest BCUT2D eigenvalue weighted by molar-refractivity contribution is 0.0731. The number of aliphatic hydroxyl groups is 1. The maximum Gasteiger partial charge on any atom is 0.276 e. The number of aliphatic hydroxyl groups excluding tert-OH is 1. The number of carbonyl (C=O) groups is 1. The maximum absolute atomic E-state index is 13.2. The Kier molecular flexibility index (Phi) is 4.53. The van der Waals surface area contributed by atoms with E-state index in [0.717, 1.165) is 12.8 Å². The van der Waals surface area contributed by atoms with Crippen molar-refractivity contribution >= 4 is 21.6 Å². The number of hydrogen-bond acceptors (Lipinski definition) is 5. The van der Waals surface area contributed by atoms with Crippen molar-refractivity contribution in [3.8, 4) is 0 Å². The van der Waals surface area contributed by atoms with Crippen LogP contribution in [0.2, 0.25) is 0 Å². The van der Waals surface area contributed by atoms with E-state index >= 15 is 0 Å². The Morgan fingerprint density at radius 1 is 1.17 bits per heavy atom. The molecule has 1 amide bonds. The monoisotopic (exact) mass is 430 g/mol. The Morgan fingerprint density at radius 3 is 2.53 bits per heavy atom. The molecule has 2 aromatic rings. The third kappa shape index (κ3) is 2.99. The highest BCUT2D eigenvalue weighted by atomic mass is 32.2. The molecule has 0 unspecified atom stereocenters. The molecule has 2 N–H and O–H groups in total. The van der Waals surface area contributed by atoms with Crippen LogP contribution < -0.4 is 5.32 Å². The number of carbonyl (C=O) groups excluding carboxylic acids is 1. The van der Waals surface area contributed by atoms with E-state index in [0.29, 0.717) is 23.8 Å². The van der Waals surface area contributed by atoms with Crippen LogP contribution in [0.4, 0.5) is 5.69 Å². The van der Waals surface area contributed by atoms with Crippen LogP contribution in [0.25, 0.3) is 0 Å². The van der Waals surface area contributed by atoms with E-state index in [1.165, 1.54) is 16.4 Å². The van der Waals surface area contributed by atoms with Gasteiger partial charge in [0.15, 0.2) is 5.69 Å². The normalized spacial score (nSPS) is 30.3. The molecule has 2 bridgehead atoms. The summed E-state index contributed by atoms with van der Waals surface area (Å²) < 4.78 is 29.7. The Bertz CT molecular complexity index is 1080. The van der Waals surface area contributed by atoms with Gasteiger partial charge >= 0.3 is 0 Å². The molecule has 1 aromatic carbocycles. The van der Waals surface area contributed by atoms with Crippen molar-refractivity contribution in [2.45, 2.75) is 49.8 Å². The van der Waals surface area contributed by atoms with Gasteiger partial charge < -0.3 is 10.4 Å². The Hall–Kier alpha value is -2.23. The van der Waals surface area contributed by atoms with E-state index in [2.05, 4.69) is 10.4 Å². The lowest BCUT2D eigenvalue weighted by Crippen LogP contribution is -2.43. The summed E-state index contributed by atoms with van der Waals surface area (Å²) in [6, 6.07) is 7.70. The molecule has 3 fully saturated rings. The molecule has 0 spiro atoms. The number of rotatable bonds is 5. The molecule has 1 saturated heterocycles. The van der Waals surface area contributed by atoms with Gasteiger partial charge in [-0.2, -0.15) is 9.40 Å². The number of aromatic nitrogens is 2. The highest BCUT2D eigenvalue weighted by molar-refractivity contribution is 7.89. The van der Waals surface area contributed by atoms with Crippen LogP contribution >= 0.6 is 0 Å². The van der Waals surface area contributed by atoms with E-state index in [1.807, 2.05) is 13.8 Å². The Morgan fingerprint density at radius 2 is 1.90 bits per heavy atom. The van der Waals surface area contributed by atoms with Gasteiger partial charge in [-0.25, -0.2) is 8.42 Å². The fraction of sp³-hybridized carbons (Fsp3) is 0.524. The van der Waals surface area contributed by atoms with Gasteiger partial charge in [-0.1, -0.05) is 0 Å². The van der Waals surface area contributed by atoms with Crippen LogP contribution in [-0.4, -0.2) is 52.2 Å². The summed E-state index contributed by atoms with van der Waals surface area (Å²) in [4.78, 5) is 12.6. The zero-order chi connectivity index (χ0) is 21.2. The molecule has 5 rings (SSSR count). The number of sulfonamides is 1. The molecule has 1 aromatic heterocycles. The first-order valence-electron chi connectivity index (χ1n) is 10.4. The predicted molar refractivity (Wildman–Crippen MR) is 110 cm³/mol. The number of anilines is 1. The lowest BCUT2D eigenvalue weighted by Gasteiger charge is -2.28. The first-order chi connectivity index (χ1) is 14.3. The molecule has 160 valence electrons. The third-order valence-corrected chi connectivity index (χ3v) is 8.77. The highest BCUT2D eigenvalue weighted by Gasteiger charge is 2.61. The predicted octanol–water partition coefficient (Wildman–Crippen LogP) is 2.11. The van der Waals surface area contributed by atoms with E-state index in [-0.39, 0.29) is 34.7 Å². The van der Waals surface area contributed by atoms with E-state index in [4.69, 9.17) is 0 Å². The number of hydrogen-bond donors (Lipinski definition) is 2. The smallest absolute Gasteiger partial charge is 0.276 e. The SMILES string of the molecule is CC(C)n1ccc(C(=O)Nc2ccc(S(=O)(=O)N3C[C@@H]4C[C@H]5C[C@H]4[C@@H]3[C@@H]5O)cc2)n1. The van der Waals surface area contributed by atoms with E-state index in [9.17, 15) is 18.3 Å². The minimum atomic E-state index is -3.69. The van der Waals surface area contributed by atoms with Crippen molar-refractivity contribution in [2.75, 3.05) is 11.9 Å². The number of benzene rings is 1. The van der Waals surface area contributed by atoms with Crippen LogP contribution in [0.3, 0.4) is 0 Å². The first kappa shape index (κ1) is 19.7. The molecule has 5 atom stereocenters. The van der Waals surface area contributed by atoms with Crippen molar-refractivity contribution in [2.24, 2.45) is 17.8 Å². The minimum absolute atomic E-state index is 0.158. The summed E-state index contributed by atoms with van der Waals surface area (Å²) in [5.41, 5.74) is 0.804. The minimum Gasteiger partial charge on any atom is -0.391 e. The second kappa shape index (κ2) is 6.90. The molecule has 0 radical (unpaired) electrons. The molecule has 3 aliphatic rings. The second-order valence-electron chi connectivity index (χ2n) is 8.96. The summed E-state index contributed by atoms with van der Waals surface area (Å²) in [5.74, 6) is 0.537. The fourth-order valence-corrected chi connectivity index (χ4v) is 7.16. The van der Waals surface area contributed by atoms with Crippen molar-refractivity contribution in [1.29, 1.82) is 0 Å². The molecule has 1 aliphatic heterocycles. The zero-order valence-corrected chi connectivity index (χ0v) is 17.8. The topological polar surface area (TPSA) is 105 Å². The van der Waals surface area contributed by atoms with E-state index in [1.54, 1.807) is 29.1 Å². The van der Waals surface area contributed by atoms with Gasteiger partial charge in [0.25, 0.3) is 5.91 Å². The number of nitrogens with zero attached hydrogens (tertiary/aromatic N) is 3. The van der Waals surface area contributed by atoms with Crippen LogP contribution in [-0.2, 0) is 10.0 Å². The summed E-state index contributed by atoms with van der Waals surface area (Å²) in [5, 5.41) is 17.5. The van der Waals surface area contributed by atoms with Gasteiger partial charge in [0.2, 0.25) is 10.0 Å². The lowest BCUT2D eigenvalue weighted by atomic mass is 9.88. The molecular formula is C21H26N4O4S. The Balaban J connectivity index is 1.31. The highest BCUT2D eigenvalue weighted by Crippen LogP contribution is 2.56. The fourth-order valence-electron chi connectivity index (χ4n) is 5.42. The molecule has 30 heavy (non-hydrogen) atoms. The molecule has 2 saturated carbocycles. The van der Waals surface area contributed by atoms with Gasteiger partial charge in [-0.15, -0.1) is 0 Å². The largest absolute Gasteiger partial charge is 0.391 e.